The van der Waals surface area contributed by atoms with Crippen molar-refractivity contribution >= 4 is 21.6 Å². The Morgan fingerprint density at radius 2 is 1.85 bits per heavy atom. The van der Waals surface area contributed by atoms with Gasteiger partial charge in [-0.2, -0.15) is 18.3 Å². The Morgan fingerprint density at radius 3 is 2.38 bits per heavy atom. The van der Waals surface area contributed by atoms with E-state index in [1.165, 1.54) is 35.9 Å². The molecule has 2 rings (SSSR count). The number of aromatic nitrogens is 2. The minimum atomic E-state index is -4.58. The zero-order valence-corrected chi connectivity index (χ0v) is 15.0. The number of rotatable bonds is 5. The highest BCUT2D eigenvalue weighted by molar-refractivity contribution is 7.92. The molecule has 7 nitrogen and oxygen atoms in total. The van der Waals surface area contributed by atoms with Gasteiger partial charge >= 0.3 is 6.18 Å². The average molecular weight is 390 g/mol. The maximum atomic E-state index is 12.7. The number of halogens is 3. The van der Waals surface area contributed by atoms with Crippen LogP contribution in [0.4, 0.5) is 18.9 Å². The number of alkyl halides is 3. The van der Waals surface area contributed by atoms with E-state index >= 15 is 0 Å². The summed E-state index contributed by atoms with van der Waals surface area (Å²) < 4.78 is 65.8. The maximum Gasteiger partial charge on any atom is 0.405 e. The lowest BCUT2D eigenvalue weighted by molar-refractivity contribution is -0.123. The number of nitrogens with zero attached hydrogens (tertiary/aromatic N) is 2. The highest BCUT2D eigenvalue weighted by Gasteiger charge is 2.29. The van der Waals surface area contributed by atoms with Gasteiger partial charge in [0.2, 0.25) is 0 Å². The molecule has 0 radical (unpaired) electrons. The van der Waals surface area contributed by atoms with Crippen molar-refractivity contribution < 1.29 is 26.4 Å². The molecule has 0 saturated heterocycles. The Kier molecular flexibility index (Phi) is 5.31. The van der Waals surface area contributed by atoms with Gasteiger partial charge in [0.15, 0.2) is 0 Å². The van der Waals surface area contributed by atoms with Crippen molar-refractivity contribution in [1.82, 2.24) is 15.1 Å². The van der Waals surface area contributed by atoms with Crippen LogP contribution in [-0.4, -0.2) is 36.8 Å². The number of sulfonamides is 1. The second kappa shape index (κ2) is 6.98. The number of hydrogen-bond donors (Lipinski definition) is 2. The van der Waals surface area contributed by atoms with E-state index < -0.39 is 28.7 Å². The molecular weight excluding hydrogens is 373 g/mol. The van der Waals surface area contributed by atoms with Gasteiger partial charge in [-0.3, -0.25) is 14.2 Å². The molecule has 0 aliphatic heterocycles. The molecule has 0 unspecified atom stereocenters. The molecule has 0 saturated carbocycles. The monoisotopic (exact) mass is 390 g/mol. The van der Waals surface area contributed by atoms with E-state index in [0.717, 1.165) is 0 Å². The predicted octanol–water partition coefficient (Wildman–Crippen LogP) is 2.13. The van der Waals surface area contributed by atoms with E-state index in [0.29, 0.717) is 5.69 Å². The molecule has 1 aromatic carbocycles. The Morgan fingerprint density at radius 1 is 1.23 bits per heavy atom. The molecule has 0 fully saturated rings. The molecule has 142 valence electrons. The fraction of sp³-hybridized carbons (Fsp3) is 0.333. The van der Waals surface area contributed by atoms with E-state index in [1.54, 1.807) is 19.3 Å². The number of anilines is 1. The summed E-state index contributed by atoms with van der Waals surface area (Å²) in [5.41, 5.74) is 0.292. The first-order valence-electron chi connectivity index (χ1n) is 7.39. The molecule has 2 aromatic rings. The molecule has 1 aromatic heterocycles. The lowest BCUT2D eigenvalue weighted by atomic mass is 10.1. The largest absolute Gasteiger partial charge is 0.405 e. The molecule has 0 aliphatic carbocycles. The van der Waals surface area contributed by atoms with E-state index in [2.05, 4.69) is 9.82 Å². The van der Waals surface area contributed by atoms with Crippen molar-refractivity contribution in [3.8, 4) is 0 Å². The van der Waals surface area contributed by atoms with Gasteiger partial charge in [-0.25, -0.2) is 8.42 Å². The van der Waals surface area contributed by atoms with Gasteiger partial charge in [0.05, 0.1) is 22.6 Å². The van der Waals surface area contributed by atoms with Crippen molar-refractivity contribution in [2.45, 2.75) is 24.9 Å². The van der Waals surface area contributed by atoms with Crippen LogP contribution in [-0.2, 0) is 17.1 Å². The average Bonchev–Trinajstić information content (AvgIpc) is 2.77. The number of aryl methyl sites for hydroxylation is 2. The zero-order valence-electron chi connectivity index (χ0n) is 14.2. The standard InChI is InChI=1S/C15H17F3N4O3S/c1-9-13(10(2)22(3)20-9)26(24,25)21-12-7-5-4-6-11(12)14(23)19-8-15(16,17)18/h4-7,21H,8H2,1-3H3,(H,19,23). The first kappa shape index (κ1) is 19.8. The summed E-state index contributed by atoms with van der Waals surface area (Å²) in [6, 6.07) is 5.40. The summed E-state index contributed by atoms with van der Waals surface area (Å²) in [5.74, 6) is -1.04. The third-order valence-corrected chi connectivity index (χ3v) is 5.19. The summed E-state index contributed by atoms with van der Waals surface area (Å²) in [6.45, 7) is 1.56. The molecule has 1 heterocycles. The van der Waals surface area contributed by atoms with Crippen LogP contribution >= 0.6 is 0 Å². The van der Waals surface area contributed by atoms with Crippen molar-refractivity contribution in [2.75, 3.05) is 11.3 Å². The number of benzene rings is 1. The van der Waals surface area contributed by atoms with E-state index in [1.807, 2.05) is 0 Å². The molecule has 26 heavy (non-hydrogen) atoms. The second-order valence-corrected chi connectivity index (χ2v) is 7.19. The fourth-order valence-electron chi connectivity index (χ4n) is 2.38. The van der Waals surface area contributed by atoms with Crippen LogP contribution in [0.1, 0.15) is 21.7 Å². The Labute approximate surface area is 148 Å². The SMILES string of the molecule is Cc1nn(C)c(C)c1S(=O)(=O)Nc1ccccc1C(=O)NCC(F)(F)F. The van der Waals surface area contributed by atoms with Crippen LogP contribution in [0.15, 0.2) is 29.2 Å². The van der Waals surface area contributed by atoms with Crippen LogP contribution in [0, 0.1) is 13.8 Å². The van der Waals surface area contributed by atoms with Gasteiger partial charge in [-0.05, 0) is 26.0 Å². The second-order valence-electron chi connectivity index (χ2n) is 5.57. The van der Waals surface area contributed by atoms with Gasteiger partial charge < -0.3 is 5.32 Å². The lowest BCUT2D eigenvalue weighted by Crippen LogP contribution is -2.34. The first-order valence-corrected chi connectivity index (χ1v) is 8.87. The number of carbonyl (C=O) groups excluding carboxylic acids is 1. The highest BCUT2D eigenvalue weighted by atomic mass is 32.2. The molecule has 11 heteroatoms. The summed E-state index contributed by atoms with van der Waals surface area (Å²) in [5, 5.41) is 5.74. The smallest absolute Gasteiger partial charge is 0.343 e. The van der Waals surface area contributed by atoms with Gasteiger partial charge in [0.1, 0.15) is 11.4 Å². The highest BCUT2D eigenvalue weighted by Crippen LogP contribution is 2.24. The zero-order chi connectivity index (χ0) is 19.7. The van der Waals surface area contributed by atoms with E-state index in [4.69, 9.17) is 0 Å². The Bertz CT molecular complexity index is 936. The topological polar surface area (TPSA) is 93.1 Å². The third-order valence-electron chi connectivity index (χ3n) is 3.58. The van der Waals surface area contributed by atoms with E-state index in [9.17, 15) is 26.4 Å². The predicted molar refractivity (Wildman–Crippen MR) is 88.3 cm³/mol. The normalized spacial score (nSPS) is 12.1. The number of amides is 1. The van der Waals surface area contributed by atoms with Crippen molar-refractivity contribution in [2.24, 2.45) is 7.05 Å². The minimum absolute atomic E-state index is 0.0505. The van der Waals surface area contributed by atoms with Crippen molar-refractivity contribution in [3.63, 3.8) is 0 Å². The summed E-state index contributed by atoms with van der Waals surface area (Å²) in [4.78, 5) is 12.0. The molecule has 1 amide bonds. The summed E-state index contributed by atoms with van der Waals surface area (Å²) in [7, 11) is -2.51. The van der Waals surface area contributed by atoms with E-state index in [-0.39, 0.29) is 21.8 Å². The minimum Gasteiger partial charge on any atom is -0.343 e. The quantitative estimate of drug-likeness (QED) is 0.818. The molecule has 0 aliphatic rings. The Hall–Kier alpha value is -2.56. The molecular formula is C15H17F3N4O3S. The first-order chi connectivity index (χ1) is 11.9. The maximum absolute atomic E-state index is 12.7. The summed E-state index contributed by atoms with van der Waals surface area (Å²) in [6.07, 6.45) is -4.58. The third kappa shape index (κ3) is 4.34. The number of hydrogen-bond acceptors (Lipinski definition) is 4. The van der Waals surface area contributed by atoms with Crippen molar-refractivity contribution in [3.05, 3.63) is 41.2 Å². The van der Waals surface area contributed by atoms with Crippen LogP contribution in [0.5, 0.6) is 0 Å². The molecule has 0 bridgehead atoms. The van der Waals surface area contributed by atoms with Gasteiger partial charge in [-0.1, -0.05) is 12.1 Å². The molecule has 2 N–H and O–H groups in total. The number of nitrogens with one attached hydrogen (secondary N) is 2. The van der Waals surface area contributed by atoms with Crippen LogP contribution in [0.3, 0.4) is 0 Å². The summed E-state index contributed by atoms with van der Waals surface area (Å²) >= 11 is 0. The number of para-hydroxylation sites is 1. The van der Waals surface area contributed by atoms with Crippen LogP contribution < -0.4 is 10.0 Å². The molecule has 0 spiro atoms. The van der Waals surface area contributed by atoms with Crippen LogP contribution in [0.25, 0.3) is 0 Å². The van der Waals surface area contributed by atoms with Crippen molar-refractivity contribution in [1.29, 1.82) is 0 Å². The van der Waals surface area contributed by atoms with Gasteiger partial charge in [0.25, 0.3) is 15.9 Å². The van der Waals surface area contributed by atoms with Crippen LogP contribution in [0.2, 0.25) is 0 Å². The fourth-order valence-corrected chi connectivity index (χ4v) is 3.91. The van der Waals surface area contributed by atoms with Gasteiger partial charge in [0, 0.05) is 7.05 Å². The lowest BCUT2D eigenvalue weighted by Gasteiger charge is -2.13. The Balaban J connectivity index is 2.34. The molecule has 0 atom stereocenters. The van der Waals surface area contributed by atoms with Gasteiger partial charge in [-0.15, -0.1) is 0 Å². The number of carbonyl (C=O) groups is 1.